The number of hydrogen-bond acceptors (Lipinski definition) is 0. The molecule has 1 unspecified atom stereocenters. The first-order valence-electron chi connectivity index (χ1n) is 0. The molecule has 1 atom stereocenters. The van der Waals surface area contributed by atoms with E-state index in [9.17, 15) is 0 Å². The van der Waals surface area contributed by atoms with Crippen LogP contribution in [0.3, 0.4) is 0 Å². The Morgan fingerprint density at radius 3 is 0.375 bits per heavy atom. The Morgan fingerprint density at radius 1 is 0.375 bits per heavy atom. The molecule has 0 aromatic heterocycles. The Labute approximate surface area is 96.1 Å². The van der Waals surface area contributed by atoms with Crippen molar-refractivity contribution in [2.24, 2.45) is 0 Å². The van der Waals surface area contributed by atoms with E-state index in [4.69, 9.17) is 0 Å². The molecule has 0 radical (unpaired) electrons. The summed E-state index contributed by atoms with van der Waals surface area (Å²) in [7, 11) is 0. The summed E-state index contributed by atoms with van der Waals surface area (Å²) in [6.45, 7) is 0. The van der Waals surface area contributed by atoms with Gasteiger partial charge in [-0.2, -0.15) is 0 Å². The molecule has 0 aliphatic carbocycles. The fraction of sp³-hybridized carbons (Fsp3) is 0. The van der Waals surface area contributed by atoms with E-state index in [1.807, 2.05) is 0 Å². The topological polar surface area (TPSA) is 0 Å². The summed E-state index contributed by atoms with van der Waals surface area (Å²) in [5, 5.41) is 0. The van der Waals surface area contributed by atoms with Crippen LogP contribution in [-0.4, -0.2) is 69.3 Å². The summed E-state index contributed by atoms with van der Waals surface area (Å²) in [4.78, 5) is 0. The molecule has 0 fully saturated rings. The van der Waals surface area contributed by atoms with Gasteiger partial charge in [0.25, 0.3) is 0 Å². The van der Waals surface area contributed by atoms with Gasteiger partial charge in [0.2, 0.25) is 0 Å². The molecular weight excluding hydrogens is 228 g/mol. The second-order valence-electron chi connectivity index (χ2n) is 0. The minimum atomic E-state index is 0. The summed E-state index contributed by atoms with van der Waals surface area (Å²) in [6.07, 6.45) is 0. The van der Waals surface area contributed by atoms with Gasteiger partial charge >= 0.3 is 69.3 Å². The molecule has 0 N–H and O–H groups in total. The van der Waals surface area contributed by atoms with Crippen molar-refractivity contribution >= 4 is 69.3 Å². The van der Waals surface area contributed by atoms with Crippen LogP contribution >= 0.6 is 0 Å². The first kappa shape index (κ1) is 239. The van der Waals surface area contributed by atoms with E-state index in [-0.39, 0.29) is 97.6 Å². The molecule has 8 heavy (non-hydrogen) atoms. The third kappa shape index (κ3) is 113. The van der Waals surface area contributed by atoms with Crippen molar-refractivity contribution in [2.45, 2.75) is 0 Å². The monoisotopic (exact) mass is 238 g/mol. The van der Waals surface area contributed by atoms with Gasteiger partial charge < -0.3 is 0 Å². The molecule has 0 saturated carbocycles. The van der Waals surface area contributed by atoms with Crippen molar-refractivity contribution < 1.29 is 28.2 Å². The summed E-state index contributed by atoms with van der Waals surface area (Å²) in [5.41, 5.74) is 0. The Hall–Kier alpha value is 1.77. The number of halogens is 6. The fourth-order valence-electron chi connectivity index (χ4n) is 0. The van der Waals surface area contributed by atoms with Gasteiger partial charge in [-0.15, -0.1) is 0 Å². The van der Waals surface area contributed by atoms with E-state index >= 15 is 0 Å². The van der Waals surface area contributed by atoms with Gasteiger partial charge in [-0.1, -0.05) is 0 Å². The van der Waals surface area contributed by atoms with E-state index in [2.05, 4.69) is 0 Å². The van der Waals surface area contributed by atoms with Crippen LogP contribution in [0.15, 0.2) is 0 Å². The zero-order valence-electron chi connectivity index (χ0n) is 3.16. The zero-order valence-corrected chi connectivity index (χ0v) is 6.12. The van der Waals surface area contributed by atoms with Crippen LogP contribution in [-0.2, 0) is 0 Å². The van der Waals surface area contributed by atoms with E-state index in [1.54, 1.807) is 0 Å². The van der Waals surface area contributed by atoms with Gasteiger partial charge in [-0.05, 0) is 0 Å². The summed E-state index contributed by atoms with van der Waals surface area (Å²) in [6, 6.07) is 0. The molecule has 0 amide bonds. The first-order valence-corrected chi connectivity index (χ1v) is 0. The SMILES string of the molecule is F.F.F.F.F.F.[AsH3].[KH]. The molecule has 0 nitrogen and oxygen atoms in total. The van der Waals surface area contributed by atoms with E-state index in [0.29, 0.717) is 0 Å². The van der Waals surface area contributed by atoms with Crippen molar-refractivity contribution in [3.8, 4) is 0 Å². The molecule has 0 bridgehead atoms. The van der Waals surface area contributed by atoms with Gasteiger partial charge in [0, 0.05) is 0 Å². The van der Waals surface area contributed by atoms with Gasteiger partial charge in [0.1, 0.15) is 0 Å². The van der Waals surface area contributed by atoms with Crippen LogP contribution in [0, 0.1) is 0 Å². The fourth-order valence-corrected chi connectivity index (χ4v) is 0. The predicted molar refractivity (Wildman–Crippen MR) is 32.1 cm³/mol. The van der Waals surface area contributed by atoms with Crippen LogP contribution < -0.4 is 0 Å². The van der Waals surface area contributed by atoms with Gasteiger partial charge in [0.15, 0.2) is 0 Å². The summed E-state index contributed by atoms with van der Waals surface area (Å²) < 4.78 is 0. The number of hydrogen-bond donors (Lipinski definition) is 0. The van der Waals surface area contributed by atoms with E-state index in [0.717, 1.165) is 0 Å². The third-order valence-electron chi connectivity index (χ3n) is 0. The summed E-state index contributed by atoms with van der Waals surface area (Å²) in [5.74, 6) is 0. The maximum absolute atomic E-state index is 0. The average Bonchev–Trinajstić information content (AvgIpc) is 0. The molecule has 0 rings (SSSR count). The van der Waals surface area contributed by atoms with Crippen molar-refractivity contribution in [3.05, 3.63) is 0 Å². The van der Waals surface area contributed by atoms with Crippen molar-refractivity contribution in [1.29, 1.82) is 0 Å². The van der Waals surface area contributed by atoms with Gasteiger partial charge in [-0.25, -0.2) is 0 Å². The second kappa shape index (κ2) is 168. The van der Waals surface area contributed by atoms with Crippen molar-refractivity contribution in [1.82, 2.24) is 0 Å². The molecule has 0 aliphatic rings. The van der Waals surface area contributed by atoms with E-state index < -0.39 is 0 Å². The molecule has 0 aromatic carbocycles. The van der Waals surface area contributed by atoms with Crippen molar-refractivity contribution in [2.75, 3.05) is 0 Å². The Balaban J connectivity index is 0. The molecular formula is H10AsF6K. The predicted octanol–water partition coefficient (Wildman–Crippen LogP) is -0.917. The molecule has 58 valence electrons. The Bertz CT molecular complexity index is 8.49. The molecule has 0 saturated heterocycles. The molecule has 0 aromatic rings. The Kier molecular flexibility index (Phi) is 5030. The molecule has 0 heterocycles. The van der Waals surface area contributed by atoms with Gasteiger partial charge in [-0.3, -0.25) is 28.2 Å². The maximum atomic E-state index is 0. The van der Waals surface area contributed by atoms with Crippen LogP contribution in [0.25, 0.3) is 0 Å². The second-order valence-corrected chi connectivity index (χ2v) is 0. The zero-order chi connectivity index (χ0) is 0. The van der Waals surface area contributed by atoms with Crippen LogP contribution in [0.2, 0.25) is 0 Å². The Morgan fingerprint density at radius 2 is 0.375 bits per heavy atom. The average molecular weight is 238 g/mol. The molecule has 8 heteroatoms. The van der Waals surface area contributed by atoms with Crippen molar-refractivity contribution in [3.63, 3.8) is 0 Å². The van der Waals surface area contributed by atoms with Gasteiger partial charge in [0.05, 0.1) is 0 Å². The van der Waals surface area contributed by atoms with Crippen LogP contribution in [0.5, 0.6) is 0 Å². The quantitative estimate of drug-likeness (QED) is 0.378. The molecule has 0 spiro atoms. The standard InChI is InChI=1S/AsH3.6FH.K.H/h1H3;6*1H;;. The molecule has 0 aliphatic heterocycles. The number of rotatable bonds is 0. The normalized spacial score (nSPS) is 0. The minimum absolute atomic E-state index is 0. The van der Waals surface area contributed by atoms with E-state index in [1.165, 1.54) is 0 Å². The summed E-state index contributed by atoms with van der Waals surface area (Å²) >= 11 is 0. The van der Waals surface area contributed by atoms with Crippen LogP contribution in [0.1, 0.15) is 0 Å². The first-order chi connectivity index (χ1) is 0. The van der Waals surface area contributed by atoms with Crippen LogP contribution in [0.4, 0.5) is 28.2 Å². The third-order valence-corrected chi connectivity index (χ3v) is 0.